The number of aromatic amines is 1. The first-order valence-electron chi connectivity index (χ1n) is 5.40. The van der Waals surface area contributed by atoms with E-state index in [-0.39, 0.29) is 0 Å². The van der Waals surface area contributed by atoms with Crippen LogP contribution in [0.3, 0.4) is 0 Å². The van der Waals surface area contributed by atoms with Crippen molar-refractivity contribution in [3.05, 3.63) is 29.8 Å². The summed E-state index contributed by atoms with van der Waals surface area (Å²) in [4.78, 5) is 0. The van der Waals surface area contributed by atoms with Crippen LogP contribution < -0.4 is 10.5 Å². The molecule has 2 heterocycles. The second kappa shape index (κ2) is 3.56. The monoisotopic (exact) mass is 215 g/mol. The van der Waals surface area contributed by atoms with Crippen LogP contribution in [-0.4, -0.2) is 16.8 Å². The van der Waals surface area contributed by atoms with Crippen LogP contribution in [0.4, 0.5) is 5.82 Å². The Hall–Kier alpha value is -1.97. The zero-order chi connectivity index (χ0) is 11.0. The van der Waals surface area contributed by atoms with Crippen molar-refractivity contribution in [1.82, 2.24) is 10.2 Å². The summed E-state index contributed by atoms with van der Waals surface area (Å²) in [6, 6.07) is 8.00. The first kappa shape index (κ1) is 9.27. The van der Waals surface area contributed by atoms with Gasteiger partial charge in [0, 0.05) is 11.6 Å². The van der Waals surface area contributed by atoms with E-state index in [1.807, 2.05) is 18.2 Å². The molecule has 2 aromatic rings. The Morgan fingerprint density at radius 1 is 1.38 bits per heavy atom. The summed E-state index contributed by atoms with van der Waals surface area (Å²) in [5.74, 6) is 1.47. The minimum absolute atomic E-state index is 0.503. The molecule has 82 valence electrons. The molecule has 0 amide bonds. The van der Waals surface area contributed by atoms with E-state index in [2.05, 4.69) is 16.3 Å². The third kappa shape index (κ3) is 1.43. The topological polar surface area (TPSA) is 63.9 Å². The Kier molecular flexibility index (Phi) is 2.06. The Bertz CT molecular complexity index is 519. The van der Waals surface area contributed by atoms with Gasteiger partial charge >= 0.3 is 0 Å². The van der Waals surface area contributed by atoms with E-state index in [1.54, 1.807) is 0 Å². The van der Waals surface area contributed by atoms with E-state index in [4.69, 9.17) is 10.5 Å². The van der Waals surface area contributed by atoms with Gasteiger partial charge < -0.3 is 10.5 Å². The number of fused-ring (bicyclic) bond motifs is 1. The summed E-state index contributed by atoms with van der Waals surface area (Å²) in [5.41, 5.74) is 8.83. The van der Waals surface area contributed by atoms with Crippen LogP contribution in [0.5, 0.6) is 5.75 Å². The third-order valence-electron chi connectivity index (χ3n) is 2.82. The number of para-hydroxylation sites is 1. The van der Waals surface area contributed by atoms with E-state index >= 15 is 0 Å². The standard InChI is InChI=1S/C12H13N3O/c13-11-7-10(14-15-11)9-5-1-3-8-4-2-6-16-12(8)9/h1,3,5,7H,2,4,6H2,(H3,13,14,15). The van der Waals surface area contributed by atoms with Gasteiger partial charge in [0.1, 0.15) is 11.6 Å². The summed E-state index contributed by atoms with van der Waals surface area (Å²) >= 11 is 0. The molecule has 0 saturated carbocycles. The van der Waals surface area contributed by atoms with Crippen LogP contribution in [0.1, 0.15) is 12.0 Å². The van der Waals surface area contributed by atoms with Gasteiger partial charge in [-0.2, -0.15) is 5.10 Å². The van der Waals surface area contributed by atoms with Crippen LogP contribution >= 0.6 is 0 Å². The summed E-state index contributed by atoms with van der Waals surface area (Å²) < 4.78 is 5.73. The highest BCUT2D eigenvalue weighted by molar-refractivity contribution is 5.71. The first-order chi connectivity index (χ1) is 7.84. The molecule has 1 aliphatic rings. The molecule has 1 aromatic heterocycles. The molecule has 0 spiro atoms. The number of nitrogens with one attached hydrogen (secondary N) is 1. The second-order valence-corrected chi connectivity index (χ2v) is 3.95. The summed E-state index contributed by atoms with van der Waals surface area (Å²) in [7, 11) is 0. The summed E-state index contributed by atoms with van der Waals surface area (Å²) in [6.45, 7) is 0.785. The number of aromatic nitrogens is 2. The zero-order valence-electron chi connectivity index (χ0n) is 8.86. The van der Waals surface area contributed by atoms with Crippen molar-refractivity contribution in [3.63, 3.8) is 0 Å². The van der Waals surface area contributed by atoms with Gasteiger partial charge in [0.25, 0.3) is 0 Å². The lowest BCUT2D eigenvalue weighted by atomic mass is 10.0. The van der Waals surface area contributed by atoms with Crippen LogP contribution in [0.15, 0.2) is 24.3 Å². The number of hydrogen-bond acceptors (Lipinski definition) is 3. The predicted molar refractivity (Wildman–Crippen MR) is 62.3 cm³/mol. The van der Waals surface area contributed by atoms with Crippen molar-refractivity contribution >= 4 is 5.82 Å². The van der Waals surface area contributed by atoms with Crippen molar-refractivity contribution < 1.29 is 4.74 Å². The number of nitrogen functional groups attached to an aromatic ring is 1. The van der Waals surface area contributed by atoms with Gasteiger partial charge in [-0.1, -0.05) is 12.1 Å². The predicted octanol–water partition coefficient (Wildman–Crippen LogP) is 1.98. The van der Waals surface area contributed by atoms with Crippen molar-refractivity contribution in [2.24, 2.45) is 0 Å². The van der Waals surface area contributed by atoms with Gasteiger partial charge in [0.2, 0.25) is 0 Å². The lowest BCUT2D eigenvalue weighted by Gasteiger charge is -2.19. The summed E-state index contributed by atoms with van der Waals surface area (Å²) in [5, 5.41) is 6.86. The number of benzene rings is 1. The molecule has 16 heavy (non-hydrogen) atoms. The average molecular weight is 215 g/mol. The van der Waals surface area contributed by atoms with Crippen molar-refractivity contribution in [3.8, 4) is 17.0 Å². The third-order valence-corrected chi connectivity index (χ3v) is 2.82. The molecule has 0 aliphatic carbocycles. The quantitative estimate of drug-likeness (QED) is 0.764. The number of nitrogens with zero attached hydrogens (tertiary/aromatic N) is 1. The number of anilines is 1. The molecule has 0 saturated heterocycles. The number of hydrogen-bond donors (Lipinski definition) is 2. The molecular weight excluding hydrogens is 202 g/mol. The molecule has 0 bridgehead atoms. The number of nitrogens with two attached hydrogens (primary N) is 1. The average Bonchev–Trinajstić information content (AvgIpc) is 2.75. The molecule has 0 unspecified atom stereocenters. The van der Waals surface area contributed by atoms with Crippen LogP contribution in [0.25, 0.3) is 11.3 Å². The van der Waals surface area contributed by atoms with Gasteiger partial charge in [0.05, 0.1) is 12.3 Å². The highest BCUT2D eigenvalue weighted by Crippen LogP contribution is 2.35. The second-order valence-electron chi connectivity index (χ2n) is 3.95. The molecule has 0 radical (unpaired) electrons. The Labute approximate surface area is 93.4 Å². The van der Waals surface area contributed by atoms with Gasteiger partial charge in [-0.3, -0.25) is 5.10 Å². The normalized spacial score (nSPS) is 14.2. The van der Waals surface area contributed by atoms with Crippen LogP contribution in [0.2, 0.25) is 0 Å². The van der Waals surface area contributed by atoms with Crippen LogP contribution in [0, 0.1) is 0 Å². The molecule has 0 fully saturated rings. The Morgan fingerprint density at radius 3 is 3.12 bits per heavy atom. The molecular formula is C12H13N3O. The number of ether oxygens (including phenoxy) is 1. The van der Waals surface area contributed by atoms with E-state index in [0.29, 0.717) is 5.82 Å². The van der Waals surface area contributed by atoms with Gasteiger partial charge in [0.15, 0.2) is 0 Å². The zero-order valence-corrected chi connectivity index (χ0v) is 8.86. The minimum Gasteiger partial charge on any atom is -0.493 e. The maximum Gasteiger partial charge on any atom is 0.145 e. The molecule has 4 nitrogen and oxygen atoms in total. The maximum absolute atomic E-state index is 5.73. The van der Waals surface area contributed by atoms with E-state index in [1.165, 1.54) is 5.56 Å². The maximum atomic E-state index is 5.73. The van der Waals surface area contributed by atoms with Crippen molar-refractivity contribution in [2.75, 3.05) is 12.3 Å². The largest absolute Gasteiger partial charge is 0.493 e. The van der Waals surface area contributed by atoms with Crippen molar-refractivity contribution in [2.45, 2.75) is 12.8 Å². The molecule has 3 N–H and O–H groups in total. The van der Waals surface area contributed by atoms with E-state index in [0.717, 1.165) is 36.5 Å². The van der Waals surface area contributed by atoms with E-state index < -0.39 is 0 Å². The van der Waals surface area contributed by atoms with Crippen LogP contribution in [-0.2, 0) is 6.42 Å². The summed E-state index contributed by atoms with van der Waals surface area (Å²) in [6.07, 6.45) is 2.16. The van der Waals surface area contributed by atoms with E-state index in [9.17, 15) is 0 Å². The van der Waals surface area contributed by atoms with Gasteiger partial charge in [-0.25, -0.2) is 0 Å². The van der Waals surface area contributed by atoms with Gasteiger partial charge in [-0.05, 0) is 24.5 Å². The fourth-order valence-corrected chi connectivity index (χ4v) is 2.08. The lowest BCUT2D eigenvalue weighted by Crippen LogP contribution is -2.09. The fourth-order valence-electron chi connectivity index (χ4n) is 2.08. The van der Waals surface area contributed by atoms with Crippen molar-refractivity contribution in [1.29, 1.82) is 0 Å². The SMILES string of the molecule is Nc1cc(-c2cccc3c2OCCC3)[nH]n1. The highest BCUT2D eigenvalue weighted by Gasteiger charge is 2.16. The minimum atomic E-state index is 0.503. The smallest absolute Gasteiger partial charge is 0.145 e. The molecule has 0 atom stereocenters. The number of aryl methyl sites for hydroxylation is 1. The Morgan fingerprint density at radius 2 is 2.31 bits per heavy atom. The number of rotatable bonds is 1. The fraction of sp³-hybridized carbons (Fsp3) is 0.250. The lowest BCUT2D eigenvalue weighted by molar-refractivity contribution is 0.289. The first-order valence-corrected chi connectivity index (χ1v) is 5.40. The Balaban J connectivity index is 2.13. The molecule has 3 rings (SSSR count). The molecule has 1 aliphatic heterocycles. The van der Waals surface area contributed by atoms with Gasteiger partial charge in [-0.15, -0.1) is 0 Å². The highest BCUT2D eigenvalue weighted by atomic mass is 16.5. The number of H-pyrrole nitrogens is 1. The molecule has 1 aromatic carbocycles. The molecule has 4 heteroatoms.